The fourth-order valence-electron chi connectivity index (χ4n) is 9.17. The molecule has 0 amide bonds. The third kappa shape index (κ3) is 9.51. The van der Waals surface area contributed by atoms with Crippen molar-refractivity contribution in [1.82, 2.24) is 18.3 Å². The highest BCUT2D eigenvalue weighted by atomic mass is 31.2. The van der Waals surface area contributed by atoms with Crippen molar-refractivity contribution in [1.29, 1.82) is 0 Å². The first-order valence-corrected chi connectivity index (χ1v) is 25.5. The van der Waals surface area contributed by atoms with Gasteiger partial charge in [0.15, 0.2) is 0 Å². The zero-order chi connectivity index (χ0) is 46.2. The molecule has 0 unspecified atom stereocenters. The number of imidazole rings is 2. The summed E-state index contributed by atoms with van der Waals surface area (Å²) in [6, 6.07) is 26.5. The molecule has 2 aromatic heterocycles. The number of aromatic nitrogens is 4. The van der Waals surface area contributed by atoms with Gasteiger partial charge in [0.05, 0.1) is 22.7 Å². The molecular formula is C55H75N6OP. The molecule has 63 heavy (non-hydrogen) atoms. The molecule has 0 spiro atoms. The number of nitrogens with zero attached hydrogens (tertiary/aromatic N) is 6. The third-order valence-corrected chi connectivity index (χ3v) is 13.6. The van der Waals surface area contributed by atoms with E-state index in [1.54, 1.807) is 6.66 Å². The molecule has 8 heteroatoms. The minimum atomic E-state index is -3.80. The largest absolute Gasteiger partial charge is 0.302 e. The fourth-order valence-corrected chi connectivity index (χ4v) is 10.3. The fraction of sp³-hybridized carbons (Fsp3) is 0.455. The number of hydrogen-bond acceptors (Lipinski definition) is 1. The second kappa shape index (κ2) is 19.1. The molecule has 0 radical (unpaired) electrons. The molecule has 2 heterocycles. The Labute approximate surface area is 379 Å². The van der Waals surface area contributed by atoms with Gasteiger partial charge in [-0.25, -0.2) is 0 Å². The van der Waals surface area contributed by atoms with Gasteiger partial charge in [-0.15, -0.1) is 0 Å². The molecular weight excluding hydrogens is 792 g/mol. The van der Waals surface area contributed by atoms with E-state index in [9.17, 15) is 0 Å². The van der Waals surface area contributed by atoms with E-state index in [0.29, 0.717) is 11.2 Å². The van der Waals surface area contributed by atoms with Crippen molar-refractivity contribution in [2.45, 2.75) is 158 Å². The Balaban J connectivity index is 1.85. The SMILES string of the molecule is CC(C)c1cccc(C(C)C)c1-n1ccn(-c2c(C(C)C)cccc2C(C)C)c1=NP(C)(=O)N=c1n(-c2c(C(C)C)cccc2C(C)C)ccn1-c1c(C(C)C)cccc1C(C)C. The molecule has 0 bridgehead atoms. The summed E-state index contributed by atoms with van der Waals surface area (Å²) in [5.41, 5.74) is 15.3. The average molecular weight is 867 g/mol. The van der Waals surface area contributed by atoms with Gasteiger partial charge in [0.1, 0.15) is 0 Å². The molecule has 0 saturated carbocycles. The Morgan fingerprint density at radius 1 is 0.333 bits per heavy atom. The van der Waals surface area contributed by atoms with Crippen molar-refractivity contribution in [3.05, 3.63) is 153 Å². The minimum Gasteiger partial charge on any atom is -0.285 e. The normalized spacial score (nSPS) is 12.5. The lowest BCUT2D eigenvalue weighted by Gasteiger charge is -2.23. The molecule has 0 saturated heterocycles. The van der Waals surface area contributed by atoms with Crippen molar-refractivity contribution in [2.24, 2.45) is 9.53 Å². The monoisotopic (exact) mass is 867 g/mol. The molecule has 336 valence electrons. The summed E-state index contributed by atoms with van der Waals surface area (Å²) in [6.07, 6.45) is 8.49. The van der Waals surface area contributed by atoms with E-state index in [0.717, 1.165) is 22.7 Å². The lowest BCUT2D eigenvalue weighted by Crippen LogP contribution is -2.28. The number of benzene rings is 4. The summed E-state index contributed by atoms with van der Waals surface area (Å²) < 4.78 is 35.8. The highest BCUT2D eigenvalue weighted by molar-refractivity contribution is 7.60. The topological polar surface area (TPSA) is 61.5 Å². The summed E-state index contributed by atoms with van der Waals surface area (Å²) in [6.45, 7) is 37.7. The van der Waals surface area contributed by atoms with E-state index in [4.69, 9.17) is 9.53 Å². The minimum absolute atomic E-state index is 0.240. The predicted octanol–water partition coefficient (Wildman–Crippen LogP) is 15.2. The van der Waals surface area contributed by atoms with Gasteiger partial charge in [-0.1, -0.05) is 184 Å². The highest BCUT2D eigenvalue weighted by Crippen LogP contribution is 2.44. The molecule has 7 nitrogen and oxygen atoms in total. The maximum atomic E-state index is 16.0. The lowest BCUT2D eigenvalue weighted by atomic mass is 9.92. The molecule has 4 aromatic carbocycles. The molecule has 0 atom stereocenters. The quantitative estimate of drug-likeness (QED) is 0.101. The predicted molar refractivity (Wildman–Crippen MR) is 268 cm³/mol. The summed E-state index contributed by atoms with van der Waals surface area (Å²) in [5, 5.41) is 0. The Hall–Kier alpha value is -4.87. The van der Waals surface area contributed by atoms with Crippen LogP contribution >= 0.6 is 7.44 Å². The van der Waals surface area contributed by atoms with E-state index in [2.05, 4.69) is 227 Å². The number of rotatable bonds is 14. The summed E-state index contributed by atoms with van der Waals surface area (Å²) in [7, 11) is -3.80. The molecule has 0 aliphatic rings. The van der Waals surface area contributed by atoms with Gasteiger partial charge < -0.3 is 0 Å². The van der Waals surface area contributed by atoms with Crippen LogP contribution in [0.15, 0.2) is 107 Å². The Morgan fingerprint density at radius 2 is 0.492 bits per heavy atom. The van der Waals surface area contributed by atoms with E-state index in [1.807, 2.05) is 0 Å². The van der Waals surface area contributed by atoms with Crippen molar-refractivity contribution in [2.75, 3.05) is 6.66 Å². The molecule has 0 N–H and O–H groups in total. The van der Waals surface area contributed by atoms with Crippen molar-refractivity contribution < 1.29 is 4.57 Å². The summed E-state index contributed by atoms with van der Waals surface area (Å²) in [4.78, 5) is 0. The van der Waals surface area contributed by atoms with Crippen molar-refractivity contribution in [3.8, 4) is 22.7 Å². The van der Waals surface area contributed by atoms with Crippen molar-refractivity contribution >= 4 is 7.44 Å². The second-order valence-electron chi connectivity index (χ2n) is 20.1. The van der Waals surface area contributed by atoms with Crippen LogP contribution in [0.3, 0.4) is 0 Å². The zero-order valence-corrected chi connectivity index (χ0v) is 42.3. The maximum absolute atomic E-state index is 16.0. The first-order chi connectivity index (χ1) is 29.7. The standard InChI is InChI=1S/C55H75N6OP/c1-34(2)42-22-18-23-43(35(3)4)50(42)58-30-31-59(51-44(36(5)6)24-19-25-45(51)37(7)8)54(58)56-63(17,62)57-55-60(52-46(38(9)10)26-20-27-47(52)39(11)12)32-33-61(55)53-48(40(13)14)28-21-29-49(53)41(15)16/h18-41H,1-17H3. The van der Waals surface area contributed by atoms with Crippen LogP contribution in [-0.4, -0.2) is 24.9 Å². The summed E-state index contributed by atoms with van der Waals surface area (Å²) in [5.74, 6) is 1.92. The smallest absolute Gasteiger partial charge is 0.285 e. The van der Waals surface area contributed by atoms with Crippen LogP contribution in [0.25, 0.3) is 22.7 Å². The van der Waals surface area contributed by atoms with Crippen LogP contribution in [0, 0.1) is 0 Å². The van der Waals surface area contributed by atoms with Crippen LogP contribution in [0.1, 0.15) is 203 Å². The second-order valence-corrected chi connectivity index (χ2v) is 22.2. The van der Waals surface area contributed by atoms with E-state index in [-0.39, 0.29) is 47.3 Å². The summed E-state index contributed by atoms with van der Waals surface area (Å²) >= 11 is 0. The van der Waals surface area contributed by atoms with Crippen LogP contribution in [0.5, 0.6) is 0 Å². The van der Waals surface area contributed by atoms with Crippen LogP contribution < -0.4 is 11.2 Å². The van der Waals surface area contributed by atoms with Gasteiger partial charge >= 0.3 is 7.44 Å². The Bertz CT molecular complexity index is 2300. The van der Waals surface area contributed by atoms with Crippen LogP contribution in [0.4, 0.5) is 0 Å². The average Bonchev–Trinajstić information content (AvgIpc) is 3.81. The van der Waals surface area contributed by atoms with Crippen LogP contribution in [0.2, 0.25) is 0 Å². The first kappa shape index (κ1) is 47.6. The first-order valence-electron chi connectivity index (χ1n) is 23.5. The van der Waals surface area contributed by atoms with E-state index in [1.165, 1.54) is 44.5 Å². The molecule has 0 aliphatic heterocycles. The number of hydrogen-bond donors (Lipinski definition) is 0. The van der Waals surface area contributed by atoms with Crippen molar-refractivity contribution in [3.63, 3.8) is 0 Å². The number of para-hydroxylation sites is 4. The van der Waals surface area contributed by atoms with E-state index < -0.39 is 7.44 Å². The van der Waals surface area contributed by atoms with Crippen LogP contribution in [-0.2, 0) is 4.57 Å². The van der Waals surface area contributed by atoms with Gasteiger partial charge in [0.2, 0.25) is 11.2 Å². The van der Waals surface area contributed by atoms with Gasteiger partial charge in [-0.05, 0) is 91.9 Å². The maximum Gasteiger partial charge on any atom is 0.302 e. The van der Waals surface area contributed by atoms with Gasteiger partial charge in [0, 0.05) is 31.5 Å². The highest BCUT2D eigenvalue weighted by Gasteiger charge is 2.26. The Kier molecular flexibility index (Phi) is 14.4. The third-order valence-electron chi connectivity index (χ3n) is 12.5. The van der Waals surface area contributed by atoms with E-state index >= 15 is 4.57 Å². The molecule has 0 aliphatic carbocycles. The van der Waals surface area contributed by atoms with Gasteiger partial charge in [0.25, 0.3) is 0 Å². The zero-order valence-electron chi connectivity index (χ0n) is 41.4. The molecule has 6 rings (SSSR count). The molecule has 0 fully saturated rings. The lowest BCUT2D eigenvalue weighted by molar-refractivity contribution is 0.576. The van der Waals surface area contributed by atoms with Gasteiger partial charge in [-0.3, -0.25) is 22.8 Å². The Morgan fingerprint density at radius 3 is 0.635 bits per heavy atom. The van der Waals surface area contributed by atoms with Gasteiger partial charge in [-0.2, -0.15) is 9.53 Å². The molecule has 6 aromatic rings.